The van der Waals surface area contributed by atoms with Crippen molar-refractivity contribution in [3.8, 4) is 22.6 Å². The maximum absolute atomic E-state index is 14.1. The van der Waals surface area contributed by atoms with Crippen molar-refractivity contribution in [1.82, 2.24) is 14.4 Å². The van der Waals surface area contributed by atoms with E-state index in [-0.39, 0.29) is 30.4 Å². The number of carbonyl (C=O) groups is 2. The molecule has 0 fully saturated rings. The van der Waals surface area contributed by atoms with Gasteiger partial charge in [-0.05, 0) is 79.1 Å². The van der Waals surface area contributed by atoms with Crippen LogP contribution >= 0.6 is 0 Å². The molecule has 4 aromatic carbocycles. The molecule has 1 unspecified atom stereocenters. The van der Waals surface area contributed by atoms with Crippen LogP contribution in [0, 0.1) is 0 Å². The van der Waals surface area contributed by atoms with Crippen LogP contribution < -0.4 is 4.74 Å². The number of ether oxygens (including phenoxy) is 1. The van der Waals surface area contributed by atoms with Gasteiger partial charge >= 0.3 is 0 Å². The molecule has 216 valence electrons. The number of nitrogens with zero attached hydrogens (tertiary/aromatic N) is 3. The van der Waals surface area contributed by atoms with Gasteiger partial charge < -0.3 is 19.1 Å². The fourth-order valence-corrected chi connectivity index (χ4v) is 5.70. The Hall–Kier alpha value is -5.10. The van der Waals surface area contributed by atoms with Crippen LogP contribution in [0.4, 0.5) is 0 Å². The Morgan fingerprint density at radius 2 is 1.44 bits per heavy atom. The van der Waals surface area contributed by atoms with Gasteiger partial charge in [-0.1, -0.05) is 72.8 Å². The van der Waals surface area contributed by atoms with Crippen LogP contribution in [0.15, 0.2) is 128 Å². The van der Waals surface area contributed by atoms with Crippen LogP contribution in [0.25, 0.3) is 11.1 Å². The van der Waals surface area contributed by atoms with E-state index in [4.69, 9.17) is 4.74 Å². The lowest BCUT2D eigenvalue weighted by Crippen LogP contribution is -2.49. The summed E-state index contributed by atoms with van der Waals surface area (Å²) in [5.74, 6) is 1.22. The van der Waals surface area contributed by atoms with E-state index in [1.807, 2.05) is 134 Å². The van der Waals surface area contributed by atoms with Gasteiger partial charge in [-0.25, -0.2) is 0 Å². The zero-order chi connectivity index (χ0) is 29.8. The number of rotatable bonds is 8. The van der Waals surface area contributed by atoms with Gasteiger partial charge in [0.05, 0.1) is 6.04 Å². The Bertz CT molecular complexity index is 1690. The van der Waals surface area contributed by atoms with Crippen LogP contribution in [-0.2, 0) is 11.3 Å². The lowest BCUT2D eigenvalue weighted by molar-refractivity contribution is -0.135. The van der Waals surface area contributed by atoms with Crippen LogP contribution in [0.5, 0.6) is 11.5 Å². The minimum atomic E-state index is -0.301. The summed E-state index contributed by atoms with van der Waals surface area (Å²) in [4.78, 5) is 31.4. The molecule has 43 heavy (non-hydrogen) atoms. The van der Waals surface area contributed by atoms with Crippen LogP contribution in [0.2, 0.25) is 0 Å². The van der Waals surface area contributed by atoms with Gasteiger partial charge in [-0.3, -0.25) is 9.59 Å². The van der Waals surface area contributed by atoms with Gasteiger partial charge in [-0.2, -0.15) is 0 Å². The number of hydrogen-bond donors (Lipinski definition) is 0. The molecule has 2 heterocycles. The minimum absolute atomic E-state index is 0.00560. The summed E-state index contributed by atoms with van der Waals surface area (Å²) in [5, 5.41) is 0. The summed E-state index contributed by atoms with van der Waals surface area (Å²) < 4.78 is 8.32. The lowest BCUT2D eigenvalue weighted by Gasteiger charge is -2.39. The first-order valence-electron chi connectivity index (χ1n) is 14.7. The highest BCUT2D eigenvalue weighted by molar-refractivity contribution is 5.97. The van der Waals surface area contributed by atoms with Crippen molar-refractivity contribution >= 4 is 11.8 Å². The van der Waals surface area contributed by atoms with Gasteiger partial charge in [0.25, 0.3) is 5.91 Å². The molecule has 1 aliphatic heterocycles. The summed E-state index contributed by atoms with van der Waals surface area (Å²) in [7, 11) is 0. The molecule has 6 nitrogen and oxygen atoms in total. The number of benzene rings is 4. The summed E-state index contributed by atoms with van der Waals surface area (Å²) in [6.45, 7) is 5.13. The van der Waals surface area contributed by atoms with E-state index in [2.05, 4.69) is 16.8 Å². The Balaban J connectivity index is 1.24. The second-order valence-corrected chi connectivity index (χ2v) is 11.1. The first kappa shape index (κ1) is 28.0. The molecule has 1 aromatic heterocycles. The third-order valence-corrected chi connectivity index (χ3v) is 7.94. The van der Waals surface area contributed by atoms with Crippen LogP contribution in [-0.4, -0.2) is 45.3 Å². The lowest BCUT2D eigenvalue weighted by atomic mass is 9.99. The summed E-state index contributed by atoms with van der Waals surface area (Å²) in [6, 6.07) is 38.9. The average molecular weight is 570 g/mol. The molecule has 0 bridgehead atoms. The molecular weight excluding hydrogens is 534 g/mol. The number of fused-ring (bicyclic) bond motifs is 1. The first-order valence-corrected chi connectivity index (χ1v) is 14.7. The molecular formula is C37H35N3O3. The maximum Gasteiger partial charge on any atom is 0.254 e. The van der Waals surface area contributed by atoms with Crippen LogP contribution in [0.1, 0.15) is 41.5 Å². The van der Waals surface area contributed by atoms with Gasteiger partial charge in [0, 0.05) is 36.6 Å². The van der Waals surface area contributed by atoms with E-state index in [0.717, 1.165) is 28.1 Å². The molecule has 0 aliphatic carbocycles. The smallest absolute Gasteiger partial charge is 0.254 e. The Kier molecular flexibility index (Phi) is 8.09. The van der Waals surface area contributed by atoms with Gasteiger partial charge in [-0.15, -0.1) is 0 Å². The first-order chi connectivity index (χ1) is 21.0. The number of hydrogen-bond acceptors (Lipinski definition) is 3. The normalized spacial score (nSPS) is 14.3. The highest BCUT2D eigenvalue weighted by Crippen LogP contribution is 2.35. The van der Waals surface area contributed by atoms with E-state index < -0.39 is 0 Å². The molecule has 0 radical (unpaired) electrons. The molecule has 2 amide bonds. The highest BCUT2D eigenvalue weighted by Gasteiger charge is 2.34. The topological polar surface area (TPSA) is 54.8 Å². The predicted octanol–water partition coefficient (Wildman–Crippen LogP) is 7.43. The number of aromatic nitrogens is 1. The monoisotopic (exact) mass is 569 g/mol. The van der Waals surface area contributed by atoms with Crippen molar-refractivity contribution in [2.75, 3.05) is 13.1 Å². The molecule has 1 aliphatic rings. The molecule has 5 aromatic rings. The Morgan fingerprint density at radius 1 is 0.767 bits per heavy atom. The van der Waals surface area contributed by atoms with Crippen molar-refractivity contribution < 1.29 is 14.3 Å². The van der Waals surface area contributed by atoms with Crippen molar-refractivity contribution in [3.63, 3.8) is 0 Å². The average Bonchev–Trinajstić information content (AvgIpc) is 3.53. The quantitative estimate of drug-likeness (QED) is 0.195. The molecule has 0 saturated heterocycles. The SMILES string of the molecule is CC(C)N(CC(=O)N1CCn2cccc2C1c1cccc(Oc2ccccc2)c1)C(=O)c1ccc(-c2ccccc2)cc1. The van der Waals surface area contributed by atoms with Gasteiger partial charge in [0.1, 0.15) is 18.0 Å². The summed E-state index contributed by atoms with van der Waals surface area (Å²) >= 11 is 0. The zero-order valence-electron chi connectivity index (χ0n) is 24.5. The summed E-state index contributed by atoms with van der Waals surface area (Å²) in [5.41, 5.74) is 4.70. The van der Waals surface area contributed by atoms with Gasteiger partial charge in [0.2, 0.25) is 5.91 Å². The zero-order valence-corrected chi connectivity index (χ0v) is 24.5. The standard InChI is InChI=1S/C37H35N3O3/c1-27(2)40(37(42)30-20-18-29(19-21-30)28-11-5-3-6-12-28)26-35(41)39-24-23-38-22-10-17-34(38)36(39)31-13-9-16-33(25-31)43-32-14-7-4-8-15-32/h3-22,25,27,36H,23-24,26H2,1-2H3. The van der Waals surface area contributed by atoms with Crippen molar-refractivity contribution in [3.05, 3.63) is 144 Å². The second kappa shape index (κ2) is 12.4. The van der Waals surface area contributed by atoms with Crippen LogP contribution in [0.3, 0.4) is 0 Å². The highest BCUT2D eigenvalue weighted by atomic mass is 16.5. The van der Waals surface area contributed by atoms with Gasteiger partial charge in [0.15, 0.2) is 0 Å². The summed E-state index contributed by atoms with van der Waals surface area (Å²) in [6.07, 6.45) is 2.05. The fourth-order valence-electron chi connectivity index (χ4n) is 5.70. The van der Waals surface area contributed by atoms with E-state index in [1.165, 1.54) is 0 Å². The predicted molar refractivity (Wildman–Crippen MR) is 169 cm³/mol. The molecule has 0 spiro atoms. The molecule has 0 N–H and O–H groups in total. The van der Waals surface area contributed by atoms with E-state index in [0.29, 0.717) is 24.4 Å². The fraction of sp³-hybridized carbons (Fsp3) is 0.189. The molecule has 6 rings (SSSR count). The Labute approximate surface area is 252 Å². The van der Waals surface area contributed by atoms with Crippen molar-refractivity contribution in [1.29, 1.82) is 0 Å². The largest absolute Gasteiger partial charge is 0.457 e. The molecule has 1 atom stereocenters. The minimum Gasteiger partial charge on any atom is -0.457 e. The molecule has 0 saturated carbocycles. The number of amides is 2. The number of carbonyl (C=O) groups excluding carboxylic acids is 2. The van der Waals surface area contributed by atoms with E-state index in [1.54, 1.807) is 4.90 Å². The van der Waals surface area contributed by atoms with Crippen molar-refractivity contribution in [2.45, 2.75) is 32.5 Å². The molecule has 6 heteroatoms. The van der Waals surface area contributed by atoms with Crippen molar-refractivity contribution in [2.24, 2.45) is 0 Å². The van der Waals surface area contributed by atoms with E-state index in [9.17, 15) is 9.59 Å². The second-order valence-electron chi connectivity index (χ2n) is 11.1. The maximum atomic E-state index is 14.1. The number of para-hydroxylation sites is 1. The third kappa shape index (κ3) is 6.09. The third-order valence-electron chi connectivity index (χ3n) is 7.94. The Morgan fingerprint density at radius 3 is 2.16 bits per heavy atom. The van der Waals surface area contributed by atoms with E-state index >= 15 is 0 Å².